The van der Waals surface area contributed by atoms with E-state index in [9.17, 15) is 9.59 Å². The molecule has 3 aromatic rings. The highest BCUT2D eigenvalue weighted by Crippen LogP contribution is 2.42. The number of amides is 3. The SMILES string of the molecule is O=C1NC(=O)C2(CCCc3ccc4cc5ccccc5cc4c32)N1. The molecule has 2 N–H and O–H groups in total. The zero-order valence-electron chi connectivity index (χ0n) is 13.1. The minimum absolute atomic E-state index is 0.228. The van der Waals surface area contributed by atoms with Crippen LogP contribution in [0.2, 0.25) is 0 Å². The summed E-state index contributed by atoms with van der Waals surface area (Å²) >= 11 is 0. The van der Waals surface area contributed by atoms with E-state index in [1.807, 2.05) is 12.1 Å². The second-order valence-corrected chi connectivity index (χ2v) is 6.69. The molecule has 24 heavy (non-hydrogen) atoms. The molecule has 0 radical (unpaired) electrons. The average molecular weight is 316 g/mol. The highest BCUT2D eigenvalue weighted by molar-refractivity contribution is 6.11. The van der Waals surface area contributed by atoms with Crippen molar-refractivity contribution in [2.75, 3.05) is 0 Å². The van der Waals surface area contributed by atoms with E-state index in [0.717, 1.165) is 40.1 Å². The quantitative estimate of drug-likeness (QED) is 0.493. The van der Waals surface area contributed by atoms with E-state index in [0.29, 0.717) is 6.42 Å². The maximum Gasteiger partial charge on any atom is 0.322 e. The number of hydrogen-bond donors (Lipinski definition) is 2. The van der Waals surface area contributed by atoms with Gasteiger partial charge in [0.2, 0.25) is 0 Å². The molecule has 1 aliphatic carbocycles. The predicted octanol–water partition coefficient (Wildman–Crippen LogP) is 3.36. The Balaban J connectivity index is 1.89. The Morgan fingerprint density at radius 3 is 2.46 bits per heavy atom. The molecule has 0 saturated carbocycles. The van der Waals surface area contributed by atoms with Crippen LogP contribution in [0.3, 0.4) is 0 Å². The van der Waals surface area contributed by atoms with E-state index < -0.39 is 11.6 Å². The highest BCUT2D eigenvalue weighted by Gasteiger charge is 2.50. The summed E-state index contributed by atoms with van der Waals surface area (Å²) in [6, 6.07) is 16.3. The summed E-state index contributed by atoms with van der Waals surface area (Å²) in [4.78, 5) is 24.5. The van der Waals surface area contributed by atoms with Crippen molar-refractivity contribution in [2.24, 2.45) is 0 Å². The number of fused-ring (bicyclic) bond motifs is 5. The Labute approximate surface area is 138 Å². The van der Waals surface area contributed by atoms with Crippen LogP contribution in [0, 0.1) is 0 Å². The van der Waals surface area contributed by atoms with Crippen LogP contribution >= 0.6 is 0 Å². The lowest BCUT2D eigenvalue weighted by atomic mass is 9.74. The van der Waals surface area contributed by atoms with Crippen molar-refractivity contribution in [1.29, 1.82) is 0 Å². The van der Waals surface area contributed by atoms with Gasteiger partial charge in [-0.2, -0.15) is 0 Å². The van der Waals surface area contributed by atoms with Gasteiger partial charge < -0.3 is 5.32 Å². The lowest BCUT2D eigenvalue weighted by Gasteiger charge is -2.34. The summed E-state index contributed by atoms with van der Waals surface area (Å²) in [5.41, 5.74) is 1.20. The average Bonchev–Trinajstić information content (AvgIpc) is 2.86. The zero-order valence-corrected chi connectivity index (χ0v) is 13.1. The van der Waals surface area contributed by atoms with Gasteiger partial charge in [0.25, 0.3) is 5.91 Å². The van der Waals surface area contributed by atoms with E-state index in [1.54, 1.807) is 0 Å². The molecular formula is C20H16N2O2. The molecule has 1 heterocycles. The predicted molar refractivity (Wildman–Crippen MR) is 92.7 cm³/mol. The van der Waals surface area contributed by atoms with Crippen LogP contribution in [0.25, 0.3) is 21.5 Å². The first-order chi connectivity index (χ1) is 11.7. The van der Waals surface area contributed by atoms with Crippen LogP contribution in [0.5, 0.6) is 0 Å². The molecule has 3 amide bonds. The maximum atomic E-state index is 12.6. The number of hydrogen-bond acceptors (Lipinski definition) is 2. The van der Waals surface area contributed by atoms with Crippen molar-refractivity contribution < 1.29 is 9.59 Å². The molecule has 0 aromatic heterocycles. The summed E-state index contributed by atoms with van der Waals surface area (Å²) in [5.74, 6) is -0.228. The fourth-order valence-corrected chi connectivity index (χ4v) is 4.28. The number of benzene rings is 3. The van der Waals surface area contributed by atoms with Crippen molar-refractivity contribution in [3.63, 3.8) is 0 Å². The Bertz CT molecular complexity index is 1040. The van der Waals surface area contributed by atoms with Gasteiger partial charge in [0.15, 0.2) is 0 Å². The molecule has 3 aromatic carbocycles. The van der Waals surface area contributed by atoms with Gasteiger partial charge in [-0.05, 0) is 64.1 Å². The van der Waals surface area contributed by atoms with Crippen molar-refractivity contribution in [2.45, 2.75) is 24.8 Å². The Kier molecular flexibility index (Phi) is 2.58. The molecule has 0 bridgehead atoms. The third-order valence-electron chi connectivity index (χ3n) is 5.34. The van der Waals surface area contributed by atoms with Gasteiger partial charge in [0.1, 0.15) is 5.54 Å². The molecule has 1 fully saturated rings. The summed E-state index contributed by atoms with van der Waals surface area (Å²) < 4.78 is 0. The van der Waals surface area contributed by atoms with E-state index in [2.05, 4.69) is 47.0 Å². The number of carbonyl (C=O) groups excluding carboxylic acids is 2. The van der Waals surface area contributed by atoms with Gasteiger partial charge in [0, 0.05) is 0 Å². The summed E-state index contributed by atoms with van der Waals surface area (Å²) in [5, 5.41) is 9.82. The standard InChI is InChI=1S/C20H16N2O2/c23-18-20(22-19(24)21-18)9-3-6-12-7-8-15-10-13-4-1-2-5-14(13)11-16(15)17(12)20/h1-2,4-5,7-8,10-11H,3,6,9H2,(H2,21,22,23,24). The molecular weight excluding hydrogens is 300 g/mol. The van der Waals surface area contributed by atoms with Gasteiger partial charge in [-0.15, -0.1) is 0 Å². The van der Waals surface area contributed by atoms with E-state index in [4.69, 9.17) is 0 Å². The lowest BCUT2D eigenvalue weighted by Crippen LogP contribution is -2.46. The van der Waals surface area contributed by atoms with Crippen LogP contribution in [0.4, 0.5) is 4.79 Å². The van der Waals surface area contributed by atoms with E-state index in [1.165, 1.54) is 5.39 Å². The third kappa shape index (κ3) is 1.68. The molecule has 1 unspecified atom stereocenters. The monoisotopic (exact) mass is 316 g/mol. The van der Waals surface area contributed by atoms with Gasteiger partial charge in [0.05, 0.1) is 0 Å². The first-order valence-corrected chi connectivity index (χ1v) is 8.26. The number of carbonyl (C=O) groups is 2. The molecule has 4 nitrogen and oxygen atoms in total. The maximum absolute atomic E-state index is 12.6. The first kappa shape index (κ1) is 13.5. The molecule has 1 atom stereocenters. The topological polar surface area (TPSA) is 58.2 Å². The second-order valence-electron chi connectivity index (χ2n) is 6.69. The number of imide groups is 1. The van der Waals surface area contributed by atoms with E-state index in [-0.39, 0.29) is 5.91 Å². The van der Waals surface area contributed by atoms with Gasteiger partial charge >= 0.3 is 6.03 Å². The normalized spacial score (nSPS) is 22.7. The molecule has 118 valence electrons. The van der Waals surface area contributed by atoms with Crippen LogP contribution in [-0.4, -0.2) is 11.9 Å². The Hall–Kier alpha value is -2.88. The molecule has 1 spiro atoms. The summed E-state index contributed by atoms with van der Waals surface area (Å²) in [6.07, 6.45) is 2.46. The van der Waals surface area contributed by atoms with E-state index >= 15 is 0 Å². The fraction of sp³-hybridized carbons (Fsp3) is 0.200. The summed E-state index contributed by atoms with van der Waals surface area (Å²) in [7, 11) is 0. The number of rotatable bonds is 0. The summed E-state index contributed by atoms with van der Waals surface area (Å²) in [6.45, 7) is 0. The highest BCUT2D eigenvalue weighted by atomic mass is 16.2. The molecule has 4 heteroatoms. The molecule has 1 saturated heterocycles. The molecule has 2 aliphatic rings. The smallest absolute Gasteiger partial charge is 0.319 e. The molecule has 1 aliphatic heterocycles. The third-order valence-corrected chi connectivity index (χ3v) is 5.34. The van der Waals surface area contributed by atoms with Gasteiger partial charge in [-0.25, -0.2) is 4.79 Å². The van der Waals surface area contributed by atoms with Crippen molar-refractivity contribution in [3.05, 3.63) is 59.7 Å². The number of urea groups is 1. The lowest BCUT2D eigenvalue weighted by molar-refractivity contribution is -0.124. The second kappa shape index (κ2) is 4.57. The number of aryl methyl sites for hydroxylation is 1. The first-order valence-electron chi connectivity index (χ1n) is 8.26. The van der Waals surface area contributed by atoms with Crippen LogP contribution in [0.1, 0.15) is 24.0 Å². The van der Waals surface area contributed by atoms with Crippen molar-refractivity contribution in [1.82, 2.24) is 10.6 Å². The van der Waals surface area contributed by atoms with Gasteiger partial charge in [-0.1, -0.05) is 36.4 Å². The minimum atomic E-state index is -0.924. The zero-order chi connectivity index (χ0) is 16.3. The van der Waals surface area contributed by atoms with Crippen LogP contribution in [-0.2, 0) is 16.8 Å². The van der Waals surface area contributed by atoms with Crippen molar-refractivity contribution >= 4 is 33.5 Å². The molecule has 5 rings (SSSR count). The van der Waals surface area contributed by atoms with Gasteiger partial charge in [-0.3, -0.25) is 10.1 Å². The fourth-order valence-electron chi connectivity index (χ4n) is 4.28. The van der Waals surface area contributed by atoms with Crippen LogP contribution in [0.15, 0.2) is 48.5 Å². The van der Waals surface area contributed by atoms with Crippen molar-refractivity contribution in [3.8, 4) is 0 Å². The Morgan fingerprint density at radius 1 is 0.917 bits per heavy atom. The van der Waals surface area contributed by atoms with Crippen LogP contribution < -0.4 is 10.6 Å². The minimum Gasteiger partial charge on any atom is -0.319 e. The largest absolute Gasteiger partial charge is 0.322 e. The number of nitrogens with one attached hydrogen (secondary N) is 2. The Morgan fingerprint density at radius 2 is 1.71 bits per heavy atom.